The minimum absolute atomic E-state index is 0.0677. The van der Waals surface area contributed by atoms with Crippen molar-refractivity contribution in [3.05, 3.63) is 59.2 Å². The van der Waals surface area contributed by atoms with Gasteiger partial charge in [0, 0.05) is 29.4 Å². The molecule has 0 aliphatic rings. The lowest BCUT2D eigenvalue weighted by Crippen LogP contribution is -2.22. The summed E-state index contributed by atoms with van der Waals surface area (Å²) in [4.78, 5) is 25.7. The summed E-state index contributed by atoms with van der Waals surface area (Å²) in [6.45, 7) is 0. The van der Waals surface area contributed by atoms with Gasteiger partial charge in [-0.2, -0.15) is 13.2 Å². The molecule has 2 rings (SSSR count). The molecule has 0 aliphatic heterocycles. The zero-order valence-corrected chi connectivity index (χ0v) is 13.7. The summed E-state index contributed by atoms with van der Waals surface area (Å²) >= 11 is 1.08. The normalized spacial score (nSPS) is 11.2. The van der Waals surface area contributed by atoms with E-state index < -0.39 is 11.7 Å². The van der Waals surface area contributed by atoms with Crippen LogP contribution in [0.15, 0.2) is 52.3 Å². The molecule has 0 fully saturated rings. The largest absolute Gasteiger partial charge is 0.416 e. The van der Waals surface area contributed by atoms with Crippen LogP contribution >= 0.6 is 11.8 Å². The van der Waals surface area contributed by atoms with Gasteiger partial charge < -0.3 is 4.90 Å². The Morgan fingerprint density at radius 2 is 1.75 bits per heavy atom. The maximum absolute atomic E-state index is 12.7. The van der Waals surface area contributed by atoms with E-state index in [1.54, 1.807) is 38.4 Å². The predicted molar refractivity (Wildman–Crippen MR) is 85.4 cm³/mol. The molecule has 0 bridgehead atoms. The molecule has 0 aliphatic carbocycles. The van der Waals surface area contributed by atoms with Crippen molar-refractivity contribution in [2.75, 3.05) is 14.1 Å². The minimum atomic E-state index is -4.51. The van der Waals surface area contributed by atoms with Crippen LogP contribution in [0.25, 0.3) is 0 Å². The van der Waals surface area contributed by atoms with Gasteiger partial charge in [0.05, 0.1) is 11.1 Å². The van der Waals surface area contributed by atoms with Gasteiger partial charge in [-0.25, -0.2) is 0 Å². The lowest BCUT2D eigenvalue weighted by atomic mass is 10.1. The maximum Gasteiger partial charge on any atom is 0.416 e. The first kappa shape index (κ1) is 18.1. The Kier molecular flexibility index (Phi) is 5.33. The van der Waals surface area contributed by atoms with E-state index in [0.29, 0.717) is 21.6 Å². The molecule has 0 saturated carbocycles. The second-order valence-corrected chi connectivity index (χ2v) is 6.25. The molecule has 0 unspecified atom stereocenters. The standard InChI is InChI=1S/C17H14F3NO2S/c1-21(2)16(23)13-5-3-4-6-15(13)24-14-8-7-12(17(18,19)20)9-11(14)10-22/h3-10H,1-2H3. The van der Waals surface area contributed by atoms with Crippen molar-refractivity contribution in [3.8, 4) is 0 Å². The minimum Gasteiger partial charge on any atom is -0.345 e. The average molecular weight is 353 g/mol. The highest BCUT2D eigenvalue weighted by molar-refractivity contribution is 7.99. The van der Waals surface area contributed by atoms with Crippen LogP contribution in [0.4, 0.5) is 13.2 Å². The zero-order valence-electron chi connectivity index (χ0n) is 12.9. The van der Waals surface area contributed by atoms with Crippen molar-refractivity contribution in [1.82, 2.24) is 4.90 Å². The van der Waals surface area contributed by atoms with Gasteiger partial charge >= 0.3 is 6.18 Å². The first-order chi connectivity index (χ1) is 11.2. The number of halogens is 3. The van der Waals surface area contributed by atoms with Crippen LogP contribution in [0.5, 0.6) is 0 Å². The van der Waals surface area contributed by atoms with Crippen molar-refractivity contribution in [1.29, 1.82) is 0 Å². The van der Waals surface area contributed by atoms with Crippen molar-refractivity contribution < 1.29 is 22.8 Å². The highest BCUT2D eigenvalue weighted by atomic mass is 32.2. The molecule has 0 heterocycles. The van der Waals surface area contributed by atoms with E-state index in [1.165, 1.54) is 11.0 Å². The molecule has 2 aromatic rings. The van der Waals surface area contributed by atoms with Crippen LogP contribution in [-0.2, 0) is 6.18 Å². The Morgan fingerprint density at radius 1 is 1.08 bits per heavy atom. The average Bonchev–Trinajstić information content (AvgIpc) is 2.54. The highest BCUT2D eigenvalue weighted by Gasteiger charge is 2.31. The van der Waals surface area contributed by atoms with Crippen LogP contribution in [0.2, 0.25) is 0 Å². The van der Waals surface area contributed by atoms with E-state index >= 15 is 0 Å². The number of hydrogen-bond acceptors (Lipinski definition) is 3. The second-order valence-electron chi connectivity index (χ2n) is 5.17. The quantitative estimate of drug-likeness (QED) is 0.766. The first-order valence-electron chi connectivity index (χ1n) is 6.89. The number of alkyl halides is 3. The third-order valence-electron chi connectivity index (χ3n) is 3.21. The molecule has 7 heteroatoms. The fourth-order valence-corrected chi connectivity index (χ4v) is 3.01. The monoisotopic (exact) mass is 353 g/mol. The molecular formula is C17H14F3NO2S. The van der Waals surface area contributed by atoms with Gasteiger partial charge in [0.25, 0.3) is 5.91 Å². The Balaban J connectivity index is 2.42. The first-order valence-corrected chi connectivity index (χ1v) is 7.70. The lowest BCUT2D eigenvalue weighted by molar-refractivity contribution is -0.137. The molecule has 0 aromatic heterocycles. The van der Waals surface area contributed by atoms with Crippen molar-refractivity contribution in [3.63, 3.8) is 0 Å². The van der Waals surface area contributed by atoms with E-state index in [2.05, 4.69) is 0 Å². The third-order valence-corrected chi connectivity index (χ3v) is 4.38. The summed E-state index contributed by atoms with van der Waals surface area (Å²) in [5, 5.41) is 0. The molecule has 1 amide bonds. The molecule has 3 nitrogen and oxygen atoms in total. The summed E-state index contributed by atoms with van der Waals surface area (Å²) in [5.41, 5.74) is -0.530. The van der Waals surface area contributed by atoms with Gasteiger partial charge in [-0.3, -0.25) is 9.59 Å². The zero-order chi connectivity index (χ0) is 17.9. The number of benzene rings is 2. The summed E-state index contributed by atoms with van der Waals surface area (Å²) in [5.74, 6) is -0.224. The lowest BCUT2D eigenvalue weighted by Gasteiger charge is -2.15. The van der Waals surface area contributed by atoms with Crippen LogP contribution in [0, 0.1) is 0 Å². The van der Waals surface area contributed by atoms with E-state index in [9.17, 15) is 22.8 Å². The molecular weight excluding hydrogens is 339 g/mol. The van der Waals surface area contributed by atoms with Gasteiger partial charge in [0.1, 0.15) is 0 Å². The molecule has 2 aromatic carbocycles. The van der Waals surface area contributed by atoms with Gasteiger partial charge in [-0.15, -0.1) is 0 Å². The number of rotatable bonds is 4. The number of nitrogens with zero attached hydrogens (tertiary/aromatic N) is 1. The van der Waals surface area contributed by atoms with E-state index in [-0.39, 0.29) is 11.5 Å². The summed E-state index contributed by atoms with van der Waals surface area (Å²) in [7, 11) is 3.22. The molecule has 126 valence electrons. The summed E-state index contributed by atoms with van der Waals surface area (Å²) < 4.78 is 38.2. The maximum atomic E-state index is 12.7. The predicted octanol–water partition coefficient (Wildman–Crippen LogP) is 4.37. The summed E-state index contributed by atoms with van der Waals surface area (Å²) in [6.07, 6.45) is -4.13. The number of aldehydes is 1. The van der Waals surface area contributed by atoms with Crippen LogP contribution in [0.3, 0.4) is 0 Å². The Morgan fingerprint density at radius 3 is 2.33 bits per heavy atom. The summed E-state index contributed by atoms with van der Waals surface area (Å²) in [6, 6.07) is 9.72. The van der Waals surface area contributed by atoms with Gasteiger partial charge in [-0.1, -0.05) is 23.9 Å². The van der Waals surface area contributed by atoms with Gasteiger partial charge in [0.15, 0.2) is 6.29 Å². The SMILES string of the molecule is CN(C)C(=O)c1ccccc1Sc1ccc(C(F)(F)F)cc1C=O. The van der Waals surface area contributed by atoms with Crippen LogP contribution in [0.1, 0.15) is 26.3 Å². The highest BCUT2D eigenvalue weighted by Crippen LogP contribution is 2.36. The van der Waals surface area contributed by atoms with Gasteiger partial charge in [0.2, 0.25) is 0 Å². The van der Waals surface area contributed by atoms with E-state index in [0.717, 1.165) is 23.9 Å². The number of amides is 1. The number of carbonyl (C=O) groups is 2. The van der Waals surface area contributed by atoms with E-state index in [1.807, 2.05) is 0 Å². The van der Waals surface area contributed by atoms with Gasteiger partial charge in [-0.05, 0) is 30.3 Å². The fourth-order valence-electron chi connectivity index (χ4n) is 2.00. The Bertz CT molecular complexity index is 773. The van der Waals surface area contributed by atoms with Crippen molar-refractivity contribution >= 4 is 24.0 Å². The molecule has 0 spiro atoms. The second kappa shape index (κ2) is 7.09. The molecule has 0 saturated heterocycles. The van der Waals surface area contributed by atoms with Crippen LogP contribution < -0.4 is 0 Å². The van der Waals surface area contributed by atoms with E-state index in [4.69, 9.17) is 0 Å². The van der Waals surface area contributed by atoms with Crippen molar-refractivity contribution in [2.24, 2.45) is 0 Å². The number of carbonyl (C=O) groups excluding carboxylic acids is 2. The molecule has 0 atom stereocenters. The number of hydrogen-bond donors (Lipinski definition) is 0. The fraction of sp³-hybridized carbons (Fsp3) is 0.176. The van der Waals surface area contributed by atoms with Crippen LogP contribution in [-0.4, -0.2) is 31.2 Å². The molecule has 0 radical (unpaired) electrons. The molecule has 24 heavy (non-hydrogen) atoms. The third kappa shape index (κ3) is 3.97. The van der Waals surface area contributed by atoms with Crippen molar-refractivity contribution in [2.45, 2.75) is 16.0 Å². The Hall–Kier alpha value is -2.28. The molecule has 0 N–H and O–H groups in total. The topological polar surface area (TPSA) is 37.4 Å². The smallest absolute Gasteiger partial charge is 0.345 e. The Labute approximate surface area is 141 Å².